The van der Waals surface area contributed by atoms with Gasteiger partial charge in [-0.1, -0.05) is 16.8 Å². The first kappa shape index (κ1) is 16.6. The van der Waals surface area contributed by atoms with Crippen molar-refractivity contribution in [2.75, 3.05) is 39.6 Å². The fraction of sp³-hybridized carbons (Fsp3) is 0.900. The first-order valence-corrected chi connectivity index (χ1v) is 5.83. The van der Waals surface area contributed by atoms with Crippen LogP contribution in [0.4, 0.5) is 0 Å². The predicted molar refractivity (Wildman–Crippen MR) is 63.8 cm³/mol. The molecule has 0 aliphatic carbocycles. The highest BCUT2D eigenvalue weighted by Gasteiger charge is 2.01. The van der Waals surface area contributed by atoms with Gasteiger partial charge in [0.2, 0.25) is 0 Å². The molecule has 6 nitrogen and oxygen atoms in total. The smallest absolute Gasteiger partial charge is 0.170 e. The first-order chi connectivity index (χ1) is 8.20. The van der Waals surface area contributed by atoms with Gasteiger partial charge in [-0.05, 0) is 13.3 Å². The highest BCUT2D eigenvalue weighted by atomic mass is 35.5. The van der Waals surface area contributed by atoms with Crippen LogP contribution in [0.15, 0.2) is 5.16 Å². The number of aliphatic hydroxyl groups is 1. The number of rotatable bonds is 11. The summed E-state index contributed by atoms with van der Waals surface area (Å²) in [6.45, 7) is 3.79. The fourth-order valence-corrected chi connectivity index (χ4v) is 1.07. The zero-order valence-electron chi connectivity index (χ0n) is 9.97. The van der Waals surface area contributed by atoms with Gasteiger partial charge in [0.05, 0.1) is 32.5 Å². The zero-order valence-corrected chi connectivity index (χ0v) is 10.7. The van der Waals surface area contributed by atoms with E-state index in [0.29, 0.717) is 26.4 Å². The summed E-state index contributed by atoms with van der Waals surface area (Å²) < 4.78 is 15.6. The molecule has 17 heavy (non-hydrogen) atoms. The lowest BCUT2D eigenvalue weighted by atomic mass is 10.3. The van der Waals surface area contributed by atoms with E-state index in [4.69, 9.17) is 36.1 Å². The van der Waals surface area contributed by atoms with E-state index in [1.165, 1.54) is 0 Å². The normalized spacial score (nSPS) is 13.9. The Kier molecular flexibility index (Phi) is 11.8. The van der Waals surface area contributed by atoms with Gasteiger partial charge in [0.25, 0.3) is 0 Å². The second-order valence-electron chi connectivity index (χ2n) is 3.33. The van der Waals surface area contributed by atoms with Gasteiger partial charge in [0.1, 0.15) is 6.61 Å². The Hall–Kier alpha value is -0.400. The second-order valence-corrected chi connectivity index (χ2v) is 3.77. The summed E-state index contributed by atoms with van der Waals surface area (Å²) in [5, 5.41) is 19.5. The minimum absolute atomic E-state index is 0.0102. The molecule has 1 atom stereocenters. The Bertz CT molecular complexity index is 203. The van der Waals surface area contributed by atoms with Gasteiger partial charge in [-0.3, -0.25) is 0 Å². The lowest BCUT2D eigenvalue weighted by Crippen LogP contribution is -2.15. The number of ether oxygens (including phenoxy) is 3. The summed E-state index contributed by atoms with van der Waals surface area (Å²) in [5.74, 6) is 0. The van der Waals surface area contributed by atoms with Crippen LogP contribution in [0.25, 0.3) is 0 Å². The van der Waals surface area contributed by atoms with Crippen molar-refractivity contribution in [1.29, 1.82) is 0 Å². The van der Waals surface area contributed by atoms with Crippen LogP contribution >= 0.6 is 11.6 Å². The minimum atomic E-state index is 0.0102. The molecule has 0 aromatic heterocycles. The molecule has 0 aliphatic rings. The van der Waals surface area contributed by atoms with Gasteiger partial charge in [-0.15, -0.1) is 0 Å². The maximum atomic E-state index is 8.54. The lowest BCUT2D eigenvalue weighted by molar-refractivity contribution is 0.00556. The van der Waals surface area contributed by atoms with E-state index in [-0.39, 0.29) is 24.5 Å². The average Bonchev–Trinajstić information content (AvgIpc) is 2.34. The van der Waals surface area contributed by atoms with Crippen LogP contribution in [0.2, 0.25) is 0 Å². The van der Waals surface area contributed by atoms with Crippen molar-refractivity contribution in [3.63, 3.8) is 0 Å². The van der Waals surface area contributed by atoms with Gasteiger partial charge >= 0.3 is 0 Å². The molecule has 0 radical (unpaired) electrons. The van der Waals surface area contributed by atoms with Gasteiger partial charge in [0, 0.05) is 6.61 Å². The molecular formula is C10H20ClNO5. The van der Waals surface area contributed by atoms with Crippen molar-refractivity contribution in [2.24, 2.45) is 5.16 Å². The molecular weight excluding hydrogens is 250 g/mol. The monoisotopic (exact) mass is 269 g/mol. The molecule has 1 unspecified atom stereocenters. The average molecular weight is 270 g/mol. The Morgan fingerprint density at radius 1 is 1.24 bits per heavy atom. The Morgan fingerprint density at radius 3 is 2.59 bits per heavy atom. The van der Waals surface area contributed by atoms with Gasteiger partial charge in [-0.2, -0.15) is 0 Å². The SMILES string of the molecule is CC(CCOCCOC/C(Cl)=N/O)OCCO. The summed E-state index contributed by atoms with van der Waals surface area (Å²) in [7, 11) is 0. The number of aliphatic hydroxyl groups excluding tert-OH is 1. The van der Waals surface area contributed by atoms with Crippen LogP contribution in [0.5, 0.6) is 0 Å². The Balaban J connectivity index is 3.18. The highest BCUT2D eigenvalue weighted by molar-refractivity contribution is 6.65. The third-order valence-electron chi connectivity index (χ3n) is 1.86. The van der Waals surface area contributed by atoms with Crippen LogP contribution in [0.3, 0.4) is 0 Å². The van der Waals surface area contributed by atoms with Crippen molar-refractivity contribution >= 4 is 16.8 Å². The minimum Gasteiger partial charge on any atom is -0.410 e. The largest absolute Gasteiger partial charge is 0.410 e. The van der Waals surface area contributed by atoms with Gasteiger partial charge in [0.15, 0.2) is 5.17 Å². The molecule has 0 fully saturated rings. The molecule has 0 saturated carbocycles. The summed E-state index contributed by atoms with van der Waals surface area (Å²) in [4.78, 5) is 0. The van der Waals surface area contributed by atoms with Crippen LogP contribution in [0, 0.1) is 0 Å². The van der Waals surface area contributed by atoms with Crippen molar-refractivity contribution in [3.8, 4) is 0 Å². The predicted octanol–water partition coefficient (Wildman–Crippen LogP) is 0.834. The zero-order chi connectivity index (χ0) is 12.9. The maximum Gasteiger partial charge on any atom is 0.170 e. The number of hydrogen-bond acceptors (Lipinski definition) is 6. The number of oxime groups is 1. The molecule has 7 heteroatoms. The molecule has 0 bridgehead atoms. The summed E-state index contributed by atoms with van der Waals surface area (Å²) in [5.41, 5.74) is 0. The molecule has 0 spiro atoms. The summed E-state index contributed by atoms with van der Waals surface area (Å²) >= 11 is 5.39. The molecule has 0 aliphatic heterocycles. The lowest BCUT2D eigenvalue weighted by Gasteiger charge is -2.12. The van der Waals surface area contributed by atoms with Crippen molar-refractivity contribution in [2.45, 2.75) is 19.4 Å². The standard InChI is InChI=1S/C10H20ClNO5/c1-9(17-5-3-13)2-4-15-6-7-16-8-10(11)12-14/h9,13-14H,2-8H2,1H3/b12-10-. The van der Waals surface area contributed by atoms with Crippen molar-refractivity contribution in [3.05, 3.63) is 0 Å². The highest BCUT2D eigenvalue weighted by Crippen LogP contribution is 1.97. The molecule has 0 amide bonds. The molecule has 0 aromatic carbocycles. The van der Waals surface area contributed by atoms with Gasteiger partial charge in [-0.25, -0.2) is 0 Å². The van der Waals surface area contributed by atoms with Crippen LogP contribution in [-0.4, -0.2) is 61.2 Å². The van der Waals surface area contributed by atoms with E-state index >= 15 is 0 Å². The van der Waals surface area contributed by atoms with Gasteiger partial charge < -0.3 is 24.5 Å². The van der Waals surface area contributed by atoms with E-state index in [2.05, 4.69) is 5.16 Å². The first-order valence-electron chi connectivity index (χ1n) is 5.45. The third kappa shape index (κ3) is 11.9. The Morgan fingerprint density at radius 2 is 1.94 bits per heavy atom. The van der Waals surface area contributed by atoms with E-state index < -0.39 is 0 Å². The van der Waals surface area contributed by atoms with Crippen LogP contribution in [-0.2, 0) is 14.2 Å². The molecule has 0 saturated heterocycles. The van der Waals surface area contributed by atoms with Crippen molar-refractivity contribution in [1.82, 2.24) is 0 Å². The second kappa shape index (κ2) is 12.1. The fourth-order valence-electron chi connectivity index (χ4n) is 0.992. The number of halogens is 1. The molecule has 0 aromatic rings. The molecule has 0 heterocycles. The summed E-state index contributed by atoms with van der Waals surface area (Å²) in [6.07, 6.45) is 0.831. The maximum absolute atomic E-state index is 8.54. The van der Waals surface area contributed by atoms with E-state index in [9.17, 15) is 0 Å². The molecule has 0 rings (SSSR count). The van der Waals surface area contributed by atoms with E-state index in [0.717, 1.165) is 6.42 Å². The number of nitrogens with zero attached hydrogens (tertiary/aromatic N) is 1. The van der Waals surface area contributed by atoms with Crippen LogP contribution in [0.1, 0.15) is 13.3 Å². The van der Waals surface area contributed by atoms with Crippen LogP contribution < -0.4 is 0 Å². The van der Waals surface area contributed by atoms with E-state index in [1.54, 1.807) is 0 Å². The molecule has 2 N–H and O–H groups in total. The molecule has 102 valence electrons. The Labute approximate surface area is 106 Å². The summed E-state index contributed by atoms with van der Waals surface area (Å²) in [6, 6.07) is 0. The third-order valence-corrected chi connectivity index (χ3v) is 2.05. The topological polar surface area (TPSA) is 80.5 Å². The number of hydrogen-bond donors (Lipinski definition) is 2. The van der Waals surface area contributed by atoms with Crippen molar-refractivity contribution < 1.29 is 24.5 Å². The van der Waals surface area contributed by atoms with E-state index in [1.807, 2.05) is 6.92 Å². The quantitative estimate of drug-likeness (QED) is 0.251.